The summed E-state index contributed by atoms with van der Waals surface area (Å²) in [6.45, 7) is 2.61. The van der Waals surface area contributed by atoms with E-state index in [9.17, 15) is 5.11 Å². The summed E-state index contributed by atoms with van der Waals surface area (Å²) in [5.74, 6) is 0.707. The second kappa shape index (κ2) is 6.92. The van der Waals surface area contributed by atoms with Crippen LogP contribution in [0, 0.1) is 6.92 Å². The summed E-state index contributed by atoms with van der Waals surface area (Å²) < 4.78 is 11.1. The highest BCUT2D eigenvalue weighted by Crippen LogP contribution is 2.23. The molecule has 0 radical (unpaired) electrons. The van der Waals surface area contributed by atoms with Gasteiger partial charge in [-0.2, -0.15) is 0 Å². The number of benzene rings is 2. The Labute approximate surface area is 113 Å². The molecule has 19 heavy (non-hydrogen) atoms. The van der Waals surface area contributed by atoms with Crippen molar-refractivity contribution in [1.29, 1.82) is 0 Å². The zero-order valence-corrected chi connectivity index (χ0v) is 11.0. The number of aryl methyl sites for hydroxylation is 1. The Balaban J connectivity index is 1.86. The summed E-state index contributed by atoms with van der Waals surface area (Å²) >= 11 is 0. The average Bonchev–Trinajstić information content (AvgIpc) is 2.46. The van der Waals surface area contributed by atoms with Crippen LogP contribution in [0.15, 0.2) is 48.5 Å². The van der Waals surface area contributed by atoms with Gasteiger partial charge in [-0.1, -0.05) is 48.5 Å². The molecule has 0 fully saturated rings. The van der Waals surface area contributed by atoms with Crippen LogP contribution in [0.1, 0.15) is 16.7 Å². The van der Waals surface area contributed by atoms with Gasteiger partial charge in [0.1, 0.15) is 5.75 Å². The van der Waals surface area contributed by atoms with Gasteiger partial charge in [0, 0.05) is 5.56 Å². The molecule has 0 unspecified atom stereocenters. The topological polar surface area (TPSA) is 38.7 Å². The molecule has 0 aliphatic carbocycles. The lowest BCUT2D eigenvalue weighted by molar-refractivity contribution is 0.00362. The molecule has 0 aliphatic rings. The Hall–Kier alpha value is -1.84. The molecule has 3 heteroatoms. The zero-order chi connectivity index (χ0) is 13.5. The van der Waals surface area contributed by atoms with Gasteiger partial charge in [-0.05, 0) is 18.1 Å². The highest BCUT2D eigenvalue weighted by Gasteiger charge is 2.05. The fraction of sp³-hybridized carbons (Fsp3) is 0.250. The Bertz CT molecular complexity index is 509. The second-order valence-corrected chi connectivity index (χ2v) is 4.32. The van der Waals surface area contributed by atoms with Crippen LogP contribution in [-0.4, -0.2) is 11.9 Å². The quantitative estimate of drug-likeness (QED) is 0.639. The Kier molecular flexibility index (Phi) is 4.95. The van der Waals surface area contributed by atoms with Crippen molar-refractivity contribution in [2.45, 2.75) is 20.1 Å². The normalized spacial score (nSPS) is 10.4. The number of para-hydroxylation sites is 1. The first-order valence-corrected chi connectivity index (χ1v) is 6.25. The van der Waals surface area contributed by atoms with Crippen molar-refractivity contribution >= 4 is 0 Å². The van der Waals surface area contributed by atoms with Crippen LogP contribution in [0.3, 0.4) is 0 Å². The zero-order valence-electron chi connectivity index (χ0n) is 11.0. The van der Waals surface area contributed by atoms with Gasteiger partial charge < -0.3 is 14.6 Å². The Morgan fingerprint density at radius 2 is 1.79 bits per heavy atom. The smallest absolute Gasteiger partial charge is 0.189 e. The molecule has 0 aromatic heterocycles. The van der Waals surface area contributed by atoms with Crippen LogP contribution in [0.25, 0.3) is 0 Å². The molecular formula is C16H18O3. The molecule has 0 amide bonds. The minimum atomic E-state index is -0.0320. The third-order valence-electron chi connectivity index (χ3n) is 2.86. The standard InChI is InChI=1S/C16H18O3/c1-13-6-5-9-15(10-17)16(13)19-12-18-11-14-7-3-2-4-8-14/h2-9,17H,10-12H2,1H3. The van der Waals surface area contributed by atoms with Crippen LogP contribution < -0.4 is 4.74 Å². The molecule has 3 nitrogen and oxygen atoms in total. The van der Waals surface area contributed by atoms with Crippen LogP contribution in [0.5, 0.6) is 5.75 Å². The number of aliphatic hydroxyl groups is 1. The highest BCUT2D eigenvalue weighted by atomic mass is 16.7. The second-order valence-electron chi connectivity index (χ2n) is 4.32. The first-order chi connectivity index (χ1) is 9.31. The van der Waals surface area contributed by atoms with Gasteiger partial charge >= 0.3 is 0 Å². The van der Waals surface area contributed by atoms with E-state index in [1.165, 1.54) is 0 Å². The number of hydrogen-bond acceptors (Lipinski definition) is 3. The minimum absolute atomic E-state index is 0.0320. The fourth-order valence-electron chi connectivity index (χ4n) is 1.88. The minimum Gasteiger partial charge on any atom is -0.467 e. The molecule has 0 heterocycles. The number of hydrogen-bond donors (Lipinski definition) is 1. The lowest BCUT2D eigenvalue weighted by atomic mass is 10.1. The van der Waals surface area contributed by atoms with Gasteiger partial charge in [-0.15, -0.1) is 0 Å². The number of aliphatic hydroxyl groups excluding tert-OH is 1. The Morgan fingerprint density at radius 3 is 2.53 bits per heavy atom. The van der Waals surface area contributed by atoms with E-state index >= 15 is 0 Å². The van der Waals surface area contributed by atoms with Crippen LogP contribution in [0.2, 0.25) is 0 Å². The lowest BCUT2D eigenvalue weighted by Gasteiger charge is -2.13. The van der Waals surface area contributed by atoms with Crippen LogP contribution in [-0.2, 0) is 18.0 Å². The SMILES string of the molecule is Cc1cccc(CO)c1OCOCc1ccccc1. The largest absolute Gasteiger partial charge is 0.467 e. The van der Waals surface area contributed by atoms with E-state index < -0.39 is 0 Å². The van der Waals surface area contributed by atoms with Crippen molar-refractivity contribution in [3.63, 3.8) is 0 Å². The maximum Gasteiger partial charge on any atom is 0.189 e. The highest BCUT2D eigenvalue weighted by molar-refractivity contribution is 5.40. The first kappa shape index (κ1) is 13.6. The summed E-state index contributed by atoms with van der Waals surface area (Å²) in [6, 6.07) is 15.6. The molecule has 100 valence electrons. The van der Waals surface area contributed by atoms with Crippen molar-refractivity contribution in [3.8, 4) is 5.75 Å². The molecule has 2 aromatic rings. The van der Waals surface area contributed by atoms with Gasteiger partial charge in [-0.3, -0.25) is 0 Å². The summed E-state index contributed by atoms with van der Waals surface area (Å²) in [6.07, 6.45) is 0. The first-order valence-electron chi connectivity index (χ1n) is 6.25. The average molecular weight is 258 g/mol. The van der Waals surface area contributed by atoms with Gasteiger partial charge in [0.15, 0.2) is 6.79 Å². The molecule has 2 aromatic carbocycles. The summed E-state index contributed by atoms with van der Waals surface area (Å²) in [5.41, 5.74) is 2.89. The van der Waals surface area contributed by atoms with Crippen molar-refractivity contribution in [2.24, 2.45) is 0 Å². The van der Waals surface area contributed by atoms with Crippen molar-refractivity contribution < 1.29 is 14.6 Å². The van der Waals surface area contributed by atoms with Crippen molar-refractivity contribution in [1.82, 2.24) is 0 Å². The fourth-order valence-corrected chi connectivity index (χ4v) is 1.88. The molecule has 0 saturated carbocycles. The number of rotatable bonds is 6. The van der Waals surface area contributed by atoms with E-state index in [-0.39, 0.29) is 13.4 Å². The maximum absolute atomic E-state index is 9.26. The predicted molar refractivity (Wildman–Crippen MR) is 73.8 cm³/mol. The van der Waals surface area contributed by atoms with E-state index in [1.54, 1.807) is 0 Å². The van der Waals surface area contributed by atoms with Gasteiger partial charge in [0.05, 0.1) is 13.2 Å². The molecule has 0 aliphatic heterocycles. The van der Waals surface area contributed by atoms with Gasteiger partial charge in [-0.25, -0.2) is 0 Å². The Morgan fingerprint density at radius 1 is 1.00 bits per heavy atom. The molecule has 1 N–H and O–H groups in total. The van der Waals surface area contributed by atoms with Crippen molar-refractivity contribution in [3.05, 3.63) is 65.2 Å². The van der Waals surface area contributed by atoms with E-state index in [0.29, 0.717) is 12.4 Å². The number of ether oxygens (including phenoxy) is 2. The maximum atomic E-state index is 9.26. The summed E-state index contributed by atoms with van der Waals surface area (Å²) in [7, 11) is 0. The van der Waals surface area contributed by atoms with E-state index in [4.69, 9.17) is 9.47 Å². The molecular weight excluding hydrogens is 240 g/mol. The van der Waals surface area contributed by atoms with Crippen LogP contribution >= 0.6 is 0 Å². The molecule has 0 atom stereocenters. The van der Waals surface area contributed by atoms with E-state index in [2.05, 4.69) is 0 Å². The predicted octanol–water partition coefficient (Wildman–Crippen LogP) is 3.04. The summed E-state index contributed by atoms with van der Waals surface area (Å²) in [5, 5.41) is 9.26. The molecule has 2 rings (SSSR count). The van der Waals surface area contributed by atoms with E-state index in [1.807, 2.05) is 55.5 Å². The van der Waals surface area contributed by atoms with Crippen molar-refractivity contribution in [2.75, 3.05) is 6.79 Å². The van der Waals surface area contributed by atoms with Crippen LogP contribution in [0.4, 0.5) is 0 Å². The molecule has 0 saturated heterocycles. The lowest BCUT2D eigenvalue weighted by Crippen LogP contribution is -2.06. The molecule has 0 spiro atoms. The monoisotopic (exact) mass is 258 g/mol. The molecule has 0 bridgehead atoms. The van der Waals surface area contributed by atoms with Gasteiger partial charge in [0.2, 0.25) is 0 Å². The third kappa shape index (κ3) is 3.81. The van der Waals surface area contributed by atoms with E-state index in [0.717, 1.165) is 16.7 Å². The third-order valence-corrected chi connectivity index (χ3v) is 2.86. The van der Waals surface area contributed by atoms with Gasteiger partial charge in [0.25, 0.3) is 0 Å². The summed E-state index contributed by atoms with van der Waals surface area (Å²) in [4.78, 5) is 0.